The van der Waals surface area contributed by atoms with E-state index in [1.807, 2.05) is 62.6 Å². The largest absolute Gasteiger partial charge is 0.508 e. The molecule has 0 aromatic heterocycles. The minimum Gasteiger partial charge on any atom is -0.508 e. The third-order valence-corrected chi connectivity index (χ3v) is 6.23. The standard InChI is InChI=1S/C32H36N2O4/c1-33(23-25-11-5-3-6-12-25)27-17-29(35)21-31(19-27)37-15-9-10-16-38-32-20-28(18-30(36)22-32)34(2)24-26-13-7-4-8-14-26/h3-8,11-14,17-22,35-36H,9-10,15-16,23-24H2,1-2H3. The second kappa shape index (κ2) is 13.3. The molecule has 0 heterocycles. The van der Waals surface area contributed by atoms with Gasteiger partial charge in [0.1, 0.15) is 23.0 Å². The van der Waals surface area contributed by atoms with E-state index >= 15 is 0 Å². The zero-order chi connectivity index (χ0) is 26.7. The van der Waals surface area contributed by atoms with Gasteiger partial charge in [-0.3, -0.25) is 0 Å². The molecule has 4 aromatic carbocycles. The maximum absolute atomic E-state index is 10.2. The van der Waals surface area contributed by atoms with Crippen LogP contribution in [0.1, 0.15) is 24.0 Å². The average molecular weight is 513 g/mol. The Balaban J connectivity index is 1.22. The lowest BCUT2D eigenvalue weighted by Crippen LogP contribution is -2.16. The van der Waals surface area contributed by atoms with Gasteiger partial charge in [0.25, 0.3) is 0 Å². The molecule has 0 aliphatic rings. The summed E-state index contributed by atoms with van der Waals surface area (Å²) < 4.78 is 11.8. The van der Waals surface area contributed by atoms with Crippen LogP contribution in [0.25, 0.3) is 0 Å². The van der Waals surface area contributed by atoms with Crippen molar-refractivity contribution in [2.45, 2.75) is 25.9 Å². The van der Waals surface area contributed by atoms with E-state index in [1.54, 1.807) is 24.3 Å². The highest BCUT2D eigenvalue weighted by Gasteiger charge is 2.09. The van der Waals surface area contributed by atoms with Gasteiger partial charge in [0.15, 0.2) is 0 Å². The number of unbranched alkanes of at least 4 members (excludes halogenated alkanes) is 1. The second-order valence-corrected chi connectivity index (χ2v) is 9.46. The number of phenolic OH excluding ortho intramolecular Hbond substituents is 2. The highest BCUT2D eigenvalue weighted by atomic mass is 16.5. The van der Waals surface area contributed by atoms with Gasteiger partial charge >= 0.3 is 0 Å². The number of nitrogens with zero attached hydrogens (tertiary/aromatic N) is 2. The summed E-state index contributed by atoms with van der Waals surface area (Å²) >= 11 is 0. The normalized spacial score (nSPS) is 10.7. The van der Waals surface area contributed by atoms with E-state index in [0.717, 1.165) is 37.3 Å². The van der Waals surface area contributed by atoms with Crippen LogP contribution in [-0.2, 0) is 13.1 Å². The first-order chi connectivity index (χ1) is 18.5. The number of hydrogen-bond donors (Lipinski definition) is 2. The summed E-state index contributed by atoms with van der Waals surface area (Å²) in [7, 11) is 3.99. The van der Waals surface area contributed by atoms with Crippen LogP contribution in [0.3, 0.4) is 0 Å². The molecule has 38 heavy (non-hydrogen) atoms. The number of rotatable bonds is 13. The zero-order valence-corrected chi connectivity index (χ0v) is 22.1. The number of anilines is 2. The molecule has 0 aliphatic carbocycles. The Morgan fingerprint density at radius 3 is 1.34 bits per heavy atom. The second-order valence-electron chi connectivity index (χ2n) is 9.46. The third kappa shape index (κ3) is 8.10. The molecule has 6 nitrogen and oxygen atoms in total. The average Bonchev–Trinajstić information content (AvgIpc) is 2.91. The highest BCUT2D eigenvalue weighted by molar-refractivity contribution is 5.56. The molecule has 0 bridgehead atoms. The molecule has 0 aliphatic heterocycles. The maximum atomic E-state index is 10.2. The van der Waals surface area contributed by atoms with Crippen molar-refractivity contribution in [1.82, 2.24) is 0 Å². The number of phenols is 2. The Labute approximate surface area is 225 Å². The van der Waals surface area contributed by atoms with Crippen LogP contribution in [0.15, 0.2) is 97.1 Å². The van der Waals surface area contributed by atoms with Crippen LogP contribution < -0.4 is 19.3 Å². The molecule has 0 fully saturated rings. The Morgan fingerprint density at radius 2 is 0.947 bits per heavy atom. The lowest BCUT2D eigenvalue weighted by atomic mass is 10.2. The molecular formula is C32H36N2O4. The van der Waals surface area contributed by atoms with Gasteiger partial charge in [-0.15, -0.1) is 0 Å². The highest BCUT2D eigenvalue weighted by Crippen LogP contribution is 2.29. The van der Waals surface area contributed by atoms with Crippen molar-refractivity contribution in [2.24, 2.45) is 0 Å². The molecule has 0 saturated carbocycles. The summed E-state index contributed by atoms with van der Waals surface area (Å²) in [5, 5.41) is 20.4. The van der Waals surface area contributed by atoms with Gasteiger partial charge < -0.3 is 29.5 Å². The Morgan fingerprint density at radius 1 is 0.553 bits per heavy atom. The van der Waals surface area contributed by atoms with E-state index in [9.17, 15) is 10.2 Å². The zero-order valence-electron chi connectivity index (χ0n) is 22.1. The fourth-order valence-corrected chi connectivity index (χ4v) is 4.22. The molecule has 4 aromatic rings. The fraction of sp³-hybridized carbons (Fsp3) is 0.250. The number of hydrogen-bond acceptors (Lipinski definition) is 6. The van der Waals surface area contributed by atoms with Crippen LogP contribution in [0, 0.1) is 0 Å². The van der Waals surface area contributed by atoms with E-state index in [0.29, 0.717) is 24.7 Å². The van der Waals surface area contributed by atoms with Crippen LogP contribution in [0.4, 0.5) is 11.4 Å². The molecule has 2 N–H and O–H groups in total. The summed E-state index contributed by atoms with van der Waals surface area (Å²) in [6, 6.07) is 31.1. The Kier molecular flexibility index (Phi) is 9.35. The van der Waals surface area contributed by atoms with E-state index in [-0.39, 0.29) is 11.5 Å². The maximum Gasteiger partial charge on any atom is 0.125 e. The van der Waals surface area contributed by atoms with Crippen molar-refractivity contribution in [3.63, 3.8) is 0 Å². The summed E-state index contributed by atoms with van der Waals surface area (Å²) in [6.07, 6.45) is 1.59. The lowest BCUT2D eigenvalue weighted by Gasteiger charge is -2.21. The lowest BCUT2D eigenvalue weighted by molar-refractivity contribution is 0.265. The van der Waals surface area contributed by atoms with E-state index in [1.165, 1.54) is 11.1 Å². The van der Waals surface area contributed by atoms with Crippen LogP contribution in [0.5, 0.6) is 23.0 Å². The monoisotopic (exact) mass is 512 g/mol. The Bertz CT molecular complexity index is 1180. The van der Waals surface area contributed by atoms with Crippen molar-refractivity contribution >= 4 is 11.4 Å². The van der Waals surface area contributed by atoms with Crippen molar-refractivity contribution < 1.29 is 19.7 Å². The minimum absolute atomic E-state index is 0.178. The molecule has 0 amide bonds. The van der Waals surface area contributed by atoms with Crippen molar-refractivity contribution in [2.75, 3.05) is 37.1 Å². The van der Waals surface area contributed by atoms with Crippen molar-refractivity contribution in [1.29, 1.82) is 0 Å². The smallest absolute Gasteiger partial charge is 0.125 e. The quantitative estimate of drug-likeness (QED) is 0.197. The first kappa shape index (κ1) is 26.7. The van der Waals surface area contributed by atoms with Gasteiger partial charge in [-0.25, -0.2) is 0 Å². The summed E-state index contributed by atoms with van der Waals surface area (Å²) in [5.74, 6) is 1.63. The predicted octanol–water partition coefficient (Wildman–Crippen LogP) is 6.61. The molecule has 0 spiro atoms. The molecule has 4 rings (SSSR count). The van der Waals surface area contributed by atoms with Crippen molar-refractivity contribution in [3.8, 4) is 23.0 Å². The molecular weight excluding hydrogens is 476 g/mol. The summed E-state index contributed by atoms with van der Waals surface area (Å²) in [4.78, 5) is 4.16. The number of benzene rings is 4. The van der Waals surface area contributed by atoms with Crippen LogP contribution in [0.2, 0.25) is 0 Å². The molecule has 6 heteroatoms. The molecule has 0 unspecified atom stereocenters. The van der Waals surface area contributed by atoms with Crippen LogP contribution >= 0.6 is 0 Å². The fourth-order valence-electron chi connectivity index (χ4n) is 4.22. The third-order valence-electron chi connectivity index (χ3n) is 6.23. The first-order valence-corrected chi connectivity index (χ1v) is 12.9. The Hall–Kier alpha value is -4.32. The van der Waals surface area contributed by atoms with Crippen LogP contribution in [-0.4, -0.2) is 37.5 Å². The molecule has 0 radical (unpaired) electrons. The number of aromatic hydroxyl groups is 2. The van der Waals surface area contributed by atoms with Gasteiger partial charge in [0, 0.05) is 75.0 Å². The molecule has 198 valence electrons. The van der Waals surface area contributed by atoms with Gasteiger partial charge in [-0.05, 0) is 24.0 Å². The van der Waals surface area contributed by atoms with Gasteiger partial charge in [-0.1, -0.05) is 60.7 Å². The topological polar surface area (TPSA) is 65.4 Å². The SMILES string of the molecule is CN(Cc1ccccc1)c1cc(O)cc(OCCCCOc2cc(O)cc(N(C)Cc3ccccc3)c2)c1. The van der Waals surface area contributed by atoms with Gasteiger partial charge in [0.05, 0.1) is 13.2 Å². The summed E-state index contributed by atoms with van der Waals surface area (Å²) in [5.41, 5.74) is 4.18. The first-order valence-electron chi connectivity index (χ1n) is 12.9. The minimum atomic E-state index is 0.178. The number of ether oxygens (including phenoxy) is 2. The molecule has 0 saturated heterocycles. The van der Waals surface area contributed by atoms with Crippen molar-refractivity contribution in [3.05, 3.63) is 108 Å². The van der Waals surface area contributed by atoms with E-state index < -0.39 is 0 Å². The van der Waals surface area contributed by atoms with E-state index in [4.69, 9.17) is 9.47 Å². The van der Waals surface area contributed by atoms with Gasteiger partial charge in [0.2, 0.25) is 0 Å². The summed E-state index contributed by atoms with van der Waals surface area (Å²) in [6.45, 7) is 2.50. The molecule has 0 atom stereocenters. The predicted molar refractivity (Wildman–Crippen MR) is 154 cm³/mol. The van der Waals surface area contributed by atoms with Gasteiger partial charge in [-0.2, -0.15) is 0 Å². The van der Waals surface area contributed by atoms with E-state index in [2.05, 4.69) is 34.1 Å².